The molecule has 4 heterocycles. The van der Waals surface area contributed by atoms with E-state index in [-0.39, 0.29) is 56.6 Å². The van der Waals surface area contributed by atoms with Gasteiger partial charge in [0.15, 0.2) is 0 Å². The molecule has 390 valence electrons. The molecule has 3 fully saturated rings. The minimum absolute atomic E-state index is 0.0399. The van der Waals surface area contributed by atoms with Gasteiger partial charge < -0.3 is 40.3 Å². The van der Waals surface area contributed by atoms with Crippen molar-refractivity contribution in [3.05, 3.63) is 94.4 Å². The van der Waals surface area contributed by atoms with Crippen LogP contribution in [0.15, 0.2) is 66.3 Å². The Balaban J connectivity index is 0.844. The lowest BCUT2D eigenvalue weighted by Gasteiger charge is -2.63. The molecule has 1 saturated carbocycles. The molecular weight excluding hydrogens is 968 g/mol. The van der Waals surface area contributed by atoms with Gasteiger partial charge in [-0.2, -0.15) is 18.4 Å². The fourth-order valence-electron chi connectivity index (χ4n) is 10.3. The summed E-state index contributed by atoms with van der Waals surface area (Å²) in [5, 5.41) is 28.5. The maximum atomic E-state index is 14.1. The summed E-state index contributed by atoms with van der Waals surface area (Å²) in [6, 6.07) is 13.3. The number of pyridine rings is 1. The first-order valence-corrected chi connectivity index (χ1v) is 24.9. The average molecular weight is 1030 g/mol. The number of piperazine rings is 1. The minimum atomic E-state index is -4.74. The largest absolute Gasteiger partial charge is 0.489 e. The highest BCUT2D eigenvalue weighted by Gasteiger charge is 2.64. The predicted molar refractivity (Wildman–Crippen MR) is 265 cm³/mol. The van der Waals surface area contributed by atoms with Crippen LogP contribution in [0, 0.1) is 34.5 Å². The van der Waals surface area contributed by atoms with Gasteiger partial charge in [-0.1, -0.05) is 72.7 Å². The molecule has 1 aliphatic carbocycles. The second-order valence-corrected chi connectivity index (χ2v) is 21.9. The van der Waals surface area contributed by atoms with E-state index in [1.165, 1.54) is 23.2 Å². The number of β-amino-alcohol motifs (C(OH)–C–C–N with tert-alkyl or cyclic N) is 1. The molecule has 7 rings (SSSR count). The van der Waals surface area contributed by atoms with Crippen molar-refractivity contribution in [1.29, 1.82) is 5.26 Å². The molecule has 5 amide bonds. The fraction of sp³-hybridized carbons (Fsp3) is 0.500. The molecule has 2 aliphatic heterocycles. The van der Waals surface area contributed by atoms with Crippen LogP contribution in [-0.2, 0) is 36.6 Å². The number of nitriles is 1. The molecule has 3 aliphatic rings. The molecular formula is C52H62F3N9O8S. The van der Waals surface area contributed by atoms with Crippen molar-refractivity contribution in [2.45, 2.75) is 105 Å². The van der Waals surface area contributed by atoms with Crippen LogP contribution in [0.4, 0.5) is 18.9 Å². The van der Waals surface area contributed by atoms with Crippen LogP contribution in [-0.4, -0.2) is 131 Å². The predicted octanol–water partition coefficient (Wildman–Crippen LogP) is 5.49. The van der Waals surface area contributed by atoms with Crippen LogP contribution in [0.3, 0.4) is 0 Å². The van der Waals surface area contributed by atoms with E-state index >= 15 is 0 Å². The number of ether oxygens (including phenoxy) is 2. The highest BCUT2D eigenvalue weighted by atomic mass is 32.1. The number of rotatable bonds is 16. The molecule has 0 bridgehead atoms. The molecule has 17 nitrogen and oxygen atoms in total. The van der Waals surface area contributed by atoms with Gasteiger partial charge in [0.25, 0.3) is 5.91 Å². The minimum Gasteiger partial charge on any atom is -0.489 e. The number of likely N-dealkylation sites (tertiary alicyclic amines) is 1. The van der Waals surface area contributed by atoms with Gasteiger partial charge >= 0.3 is 6.18 Å². The SMILES string of the molecule is Cc1ncsc1-c1ccc(CNC(=O)[C@@H]2C[C@@H](O)CN2C(=O)[C@@H](NC(=O)COCCN2CCN(c3ccc(C(=O)N[C@H]4C(C)(C)[C@H](Oc5ccc(C#N)c(C(F)(F)F)c5)C4(C)C)nc3)C(=O)C2)C(C)(C)C)cc1. The van der Waals surface area contributed by atoms with E-state index in [1.807, 2.05) is 63.8 Å². The summed E-state index contributed by atoms with van der Waals surface area (Å²) in [5.41, 5.74) is 1.44. The van der Waals surface area contributed by atoms with Crippen molar-refractivity contribution in [3.8, 4) is 22.3 Å². The van der Waals surface area contributed by atoms with Crippen molar-refractivity contribution < 1.29 is 51.7 Å². The van der Waals surface area contributed by atoms with E-state index in [1.54, 1.807) is 54.7 Å². The molecule has 3 atom stereocenters. The zero-order valence-electron chi connectivity index (χ0n) is 42.1. The second kappa shape index (κ2) is 21.5. The van der Waals surface area contributed by atoms with Gasteiger partial charge in [-0.05, 0) is 53.8 Å². The monoisotopic (exact) mass is 1030 g/mol. The molecule has 0 radical (unpaired) electrons. The van der Waals surface area contributed by atoms with E-state index in [2.05, 4.69) is 25.9 Å². The van der Waals surface area contributed by atoms with Gasteiger partial charge in [-0.3, -0.25) is 28.9 Å². The Kier molecular flexibility index (Phi) is 16.0. The fourth-order valence-corrected chi connectivity index (χ4v) is 11.1. The van der Waals surface area contributed by atoms with Gasteiger partial charge in [0.05, 0.1) is 64.4 Å². The molecule has 21 heteroatoms. The number of aliphatic hydroxyl groups is 1. The number of aromatic nitrogens is 2. The van der Waals surface area contributed by atoms with E-state index in [0.29, 0.717) is 25.3 Å². The summed E-state index contributed by atoms with van der Waals surface area (Å²) in [5.74, 6) is -2.17. The zero-order chi connectivity index (χ0) is 53.2. The van der Waals surface area contributed by atoms with Crippen LogP contribution >= 0.6 is 11.3 Å². The zero-order valence-corrected chi connectivity index (χ0v) is 42.9. The van der Waals surface area contributed by atoms with Crippen molar-refractivity contribution in [1.82, 2.24) is 35.7 Å². The molecule has 2 aromatic heterocycles. The molecule has 73 heavy (non-hydrogen) atoms. The van der Waals surface area contributed by atoms with Crippen LogP contribution in [0.25, 0.3) is 10.4 Å². The van der Waals surface area contributed by atoms with Crippen LogP contribution in [0.5, 0.6) is 5.75 Å². The number of carbonyl (C=O) groups is 5. The first kappa shape index (κ1) is 54.3. The first-order valence-electron chi connectivity index (χ1n) is 24.0. The third-order valence-electron chi connectivity index (χ3n) is 13.9. The van der Waals surface area contributed by atoms with Crippen LogP contribution < -0.4 is 25.6 Å². The summed E-state index contributed by atoms with van der Waals surface area (Å²) in [7, 11) is 0. The third kappa shape index (κ3) is 12.2. The number of nitrogens with one attached hydrogen (secondary N) is 3. The number of aliphatic hydroxyl groups excluding tert-OH is 1. The summed E-state index contributed by atoms with van der Waals surface area (Å²) < 4.78 is 52.7. The van der Waals surface area contributed by atoms with Crippen molar-refractivity contribution in [2.24, 2.45) is 16.2 Å². The van der Waals surface area contributed by atoms with Gasteiger partial charge in [-0.25, -0.2) is 9.97 Å². The van der Waals surface area contributed by atoms with E-state index in [9.17, 15) is 47.5 Å². The second-order valence-electron chi connectivity index (χ2n) is 21.1. The Bertz CT molecular complexity index is 2720. The Labute approximate surface area is 426 Å². The Morgan fingerprint density at radius 3 is 2.32 bits per heavy atom. The van der Waals surface area contributed by atoms with Crippen molar-refractivity contribution in [2.75, 3.05) is 50.8 Å². The van der Waals surface area contributed by atoms with E-state index < -0.39 is 87.5 Å². The lowest BCUT2D eigenvalue weighted by Crippen LogP contribution is -2.74. The number of alkyl halides is 3. The van der Waals surface area contributed by atoms with E-state index in [4.69, 9.17) is 9.47 Å². The summed E-state index contributed by atoms with van der Waals surface area (Å²) in [6.45, 7) is 15.8. The van der Waals surface area contributed by atoms with Crippen molar-refractivity contribution in [3.63, 3.8) is 0 Å². The van der Waals surface area contributed by atoms with E-state index in [0.717, 1.165) is 33.8 Å². The van der Waals surface area contributed by atoms with Gasteiger partial charge in [0.1, 0.15) is 36.2 Å². The number of amides is 5. The summed E-state index contributed by atoms with van der Waals surface area (Å²) in [4.78, 5) is 82.0. The first-order chi connectivity index (χ1) is 34.3. The number of carbonyl (C=O) groups excluding carboxylic acids is 5. The Morgan fingerprint density at radius 1 is 1.00 bits per heavy atom. The summed E-state index contributed by atoms with van der Waals surface area (Å²) in [6.07, 6.45) is -4.75. The highest BCUT2D eigenvalue weighted by molar-refractivity contribution is 7.13. The quantitative estimate of drug-likeness (QED) is 0.103. The maximum absolute atomic E-state index is 14.1. The smallest absolute Gasteiger partial charge is 0.417 e. The third-order valence-corrected chi connectivity index (χ3v) is 14.9. The van der Waals surface area contributed by atoms with Gasteiger partial charge in [-0.15, -0.1) is 11.3 Å². The molecule has 2 aromatic carbocycles. The number of hydrogen-bond donors (Lipinski definition) is 4. The van der Waals surface area contributed by atoms with Crippen LogP contribution in [0.2, 0.25) is 0 Å². The maximum Gasteiger partial charge on any atom is 0.417 e. The number of nitrogens with zero attached hydrogens (tertiary/aromatic N) is 6. The molecule has 0 spiro atoms. The molecule has 4 N–H and O–H groups in total. The van der Waals surface area contributed by atoms with Crippen LogP contribution in [0.1, 0.15) is 87.8 Å². The molecule has 0 unspecified atom stereocenters. The highest BCUT2D eigenvalue weighted by Crippen LogP contribution is 2.56. The number of aryl methyl sites for hydroxylation is 1. The van der Waals surface area contributed by atoms with Crippen molar-refractivity contribution >= 4 is 46.6 Å². The normalized spacial score (nSPS) is 21.2. The molecule has 4 aromatic rings. The van der Waals surface area contributed by atoms with Gasteiger partial charge in [0.2, 0.25) is 23.6 Å². The average Bonchev–Trinajstić information content (AvgIpc) is 3.96. The topological polar surface area (TPSA) is 219 Å². The standard InChI is InChI=1S/C52H62F3N9O8S/c1-30-42(73-29-59-30)32-11-9-31(10-12-32)24-58-45(69)39-21-35(65)26-64(39)46(70)43(49(2,3)4)60-40(66)28-71-20-19-62-17-18-63(41(67)27-62)34-14-16-38(57-25-34)44(68)61-47-50(5,6)48(51(47,7)8)72-36-15-13-33(23-56)37(22-36)52(53,54)55/h9-16,22,25,29,35,39,43,47-48,65H,17-21,24,26-28H2,1-8H3,(H,58,69)(H,60,66)(H,61,68)/t35-,39+,43-,47-,48-/m1/s1. The Morgan fingerprint density at radius 2 is 1.71 bits per heavy atom. The number of hydrogen-bond acceptors (Lipinski definition) is 13. The number of benzene rings is 2. The van der Waals surface area contributed by atoms with Gasteiger partial charge in [0, 0.05) is 56.0 Å². The number of anilines is 1. The summed E-state index contributed by atoms with van der Waals surface area (Å²) >= 11 is 1.55. The number of thiazole rings is 1. The lowest BCUT2D eigenvalue weighted by atomic mass is 9.49. The Hall–Kier alpha value is -6.47. The lowest BCUT2D eigenvalue weighted by molar-refractivity contribution is -0.164. The molecule has 2 saturated heterocycles. The number of halogens is 3.